The molecule has 4 nitrogen and oxygen atoms in total. The van der Waals surface area contributed by atoms with Gasteiger partial charge in [-0.2, -0.15) is 0 Å². The molecule has 3 rings (SSSR count). The molecule has 1 saturated heterocycles. The van der Waals surface area contributed by atoms with E-state index in [0.717, 1.165) is 30.7 Å². The van der Waals surface area contributed by atoms with Crippen molar-refractivity contribution in [2.45, 2.75) is 12.8 Å². The lowest BCUT2D eigenvalue weighted by Gasteiger charge is -2.31. The van der Waals surface area contributed by atoms with Gasteiger partial charge >= 0.3 is 0 Å². The predicted octanol–water partition coefficient (Wildman–Crippen LogP) is 3.58. The molecule has 0 spiro atoms. The van der Waals surface area contributed by atoms with Gasteiger partial charge in [-0.05, 0) is 44.5 Å². The molecule has 1 N–H and O–H groups in total. The van der Waals surface area contributed by atoms with Gasteiger partial charge in [-0.1, -0.05) is 6.07 Å². The second-order valence-electron chi connectivity index (χ2n) is 5.93. The molecule has 1 amide bonds. The normalized spacial score (nSPS) is 15.1. The summed E-state index contributed by atoms with van der Waals surface area (Å²) in [5, 5.41) is 4.93. The van der Waals surface area contributed by atoms with Crippen LogP contribution in [0.25, 0.3) is 10.6 Å². The van der Waals surface area contributed by atoms with Crippen molar-refractivity contribution in [1.29, 1.82) is 0 Å². The molecule has 1 aromatic carbocycles. The van der Waals surface area contributed by atoms with E-state index in [1.165, 1.54) is 18.2 Å². The van der Waals surface area contributed by atoms with Gasteiger partial charge in [-0.15, -0.1) is 23.7 Å². The van der Waals surface area contributed by atoms with Crippen LogP contribution in [0.3, 0.4) is 0 Å². The van der Waals surface area contributed by atoms with Crippen molar-refractivity contribution < 1.29 is 13.6 Å². The number of hydrogen-bond donors (Lipinski definition) is 1. The third kappa shape index (κ3) is 4.34. The molecule has 25 heavy (non-hydrogen) atoms. The van der Waals surface area contributed by atoms with Crippen molar-refractivity contribution in [3.05, 3.63) is 40.9 Å². The maximum Gasteiger partial charge on any atom is 0.273 e. The molecular weight excluding hydrogens is 368 g/mol. The average molecular weight is 388 g/mol. The smallest absolute Gasteiger partial charge is 0.273 e. The van der Waals surface area contributed by atoms with Crippen molar-refractivity contribution in [3.8, 4) is 10.6 Å². The van der Waals surface area contributed by atoms with Gasteiger partial charge < -0.3 is 10.2 Å². The van der Waals surface area contributed by atoms with Crippen LogP contribution in [0, 0.1) is 17.6 Å². The number of nitrogens with one attached hydrogen (secondary N) is 1. The van der Waals surface area contributed by atoms with Gasteiger partial charge in [0, 0.05) is 18.5 Å². The number of nitrogens with zero attached hydrogens (tertiary/aromatic N) is 2. The number of carbonyl (C=O) groups excluding carboxylic acids is 1. The Kier molecular flexibility index (Phi) is 6.87. The number of rotatable bonds is 4. The SMILES string of the molecule is CNCC1CCN(C(=O)c2csc(-c3c(F)cccc3F)n2)CC1.Cl. The topological polar surface area (TPSA) is 45.2 Å². The third-order valence-corrected chi connectivity index (χ3v) is 5.15. The van der Waals surface area contributed by atoms with Crippen LogP contribution in [-0.4, -0.2) is 42.5 Å². The first kappa shape index (κ1) is 19.8. The minimum Gasteiger partial charge on any atom is -0.337 e. The number of halogens is 3. The standard InChI is InChI=1S/C17H19F2N3OS.ClH/c1-20-9-11-5-7-22(8-6-11)17(23)14-10-24-16(21-14)15-12(18)3-2-4-13(15)19;/h2-4,10-11,20H,5-9H2,1H3;1H. The van der Waals surface area contributed by atoms with E-state index in [1.54, 1.807) is 10.3 Å². The Hall–Kier alpha value is -1.57. The molecule has 0 radical (unpaired) electrons. The Labute approximate surface area is 155 Å². The highest BCUT2D eigenvalue weighted by molar-refractivity contribution is 7.13. The number of amides is 1. The molecule has 0 saturated carbocycles. The number of thiazole rings is 1. The van der Waals surface area contributed by atoms with E-state index < -0.39 is 11.6 Å². The molecule has 0 aliphatic carbocycles. The van der Waals surface area contributed by atoms with Gasteiger partial charge in [0.1, 0.15) is 22.3 Å². The Morgan fingerprint density at radius 3 is 2.56 bits per heavy atom. The van der Waals surface area contributed by atoms with Gasteiger partial charge in [0.2, 0.25) is 0 Å². The lowest BCUT2D eigenvalue weighted by molar-refractivity contribution is 0.0686. The molecule has 0 atom stereocenters. The molecule has 1 aliphatic heterocycles. The van der Waals surface area contributed by atoms with Gasteiger partial charge in [0.25, 0.3) is 5.91 Å². The van der Waals surface area contributed by atoms with Gasteiger partial charge in [0.05, 0.1) is 5.56 Å². The highest BCUT2D eigenvalue weighted by atomic mass is 35.5. The Bertz CT molecular complexity index is 712. The molecule has 136 valence electrons. The van der Waals surface area contributed by atoms with Crippen LogP contribution in [0.1, 0.15) is 23.3 Å². The van der Waals surface area contributed by atoms with E-state index >= 15 is 0 Å². The minimum absolute atomic E-state index is 0. The van der Waals surface area contributed by atoms with Crippen LogP contribution in [0.15, 0.2) is 23.6 Å². The summed E-state index contributed by atoms with van der Waals surface area (Å²) in [7, 11) is 1.93. The fourth-order valence-corrected chi connectivity index (χ4v) is 3.82. The summed E-state index contributed by atoms with van der Waals surface area (Å²) < 4.78 is 27.7. The zero-order valence-corrected chi connectivity index (χ0v) is 15.4. The van der Waals surface area contributed by atoms with Crippen molar-refractivity contribution in [2.75, 3.05) is 26.7 Å². The number of benzene rings is 1. The number of aromatic nitrogens is 1. The fraction of sp³-hybridized carbons (Fsp3) is 0.412. The van der Waals surface area contributed by atoms with Crippen LogP contribution in [0.2, 0.25) is 0 Å². The molecule has 1 aliphatic rings. The average Bonchev–Trinajstić information content (AvgIpc) is 3.05. The van der Waals surface area contributed by atoms with Gasteiger partial charge in [-0.3, -0.25) is 4.79 Å². The first-order valence-electron chi connectivity index (χ1n) is 7.94. The number of carbonyl (C=O) groups is 1. The molecule has 1 aromatic heterocycles. The lowest BCUT2D eigenvalue weighted by atomic mass is 9.97. The van der Waals surface area contributed by atoms with Crippen LogP contribution >= 0.6 is 23.7 Å². The summed E-state index contributed by atoms with van der Waals surface area (Å²) in [6, 6.07) is 3.69. The molecule has 8 heteroatoms. The van der Waals surface area contributed by atoms with Gasteiger partial charge in [0.15, 0.2) is 0 Å². The maximum atomic E-state index is 13.8. The summed E-state index contributed by atoms with van der Waals surface area (Å²) in [6.07, 6.45) is 1.90. The van der Waals surface area contributed by atoms with Crippen molar-refractivity contribution in [2.24, 2.45) is 5.92 Å². The largest absolute Gasteiger partial charge is 0.337 e. The van der Waals surface area contributed by atoms with Crippen molar-refractivity contribution in [1.82, 2.24) is 15.2 Å². The molecule has 2 heterocycles. The highest BCUT2D eigenvalue weighted by Crippen LogP contribution is 2.29. The van der Waals surface area contributed by atoms with Gasteiger partial charge in [-0.25, -0.2) is 13.8 Å². The molecule has 0 bridgehead atoms. The maximum absolute atomic E-state index is 13.8. The van der Waals surface area contributed by atoms with E-state index in [1.807, 2.05) is 7.05 Å². The number of likely N-dealkylation sites (tertiary alicyclic amines) is 1. The second kappa shape index (κ2) is 8.69. The van der Waals surface area contributed by atoms with E-state index in [-0.39, 0.29) is 34.6 Å². The number of piperidine rings is 1. The summed E-state index contributed by atoms with van der Waals surface area (Å²) in [5.41, 5.74) is 0.0824. The monoisotopic (exact) mass is 387 g/mol. The summed E-state index contributed by atoms with van der Waals surface area (Å²) in [5.74, 6) is -0.929. The zero-order valence-electron chi connectivity index (χ0n) is 13.8. The second-order valence-corrected chi connectivity index (χ2v) is 6.79. The Balaban J connectivity index is 0.00000225. The molecule has 0 unspecified atom stereocenters. The van der Waals surface area contributed by atoms with Crippen LogP contribution in [0.4, 0.5) is 8.78 Å². The first-order chi connectivity index (χ1) is 11.6. The highest BCUT2D eigenvalue weighted by Gasteiger charge is 2.25. The van der Waals surface area contributed by atoms with Crippen LogP contribution in [0.5, 0.6) is 0 Å². The summed E-state index contributed by atoms with van der Waals surface area (Å²) in [6.45, 7) is 2.33. The molecular formula is C17H20ClF2N3OS. The Morgan fingerprint density at radius 1 is 1.32 bits per heavy atom. The lowest BCUT2D eigenvalue weighted by Crippen LogP contribution is -2.40. The van der Waals surface area contributed by atoms with E-state index in [2.05, 4.69) is 10.3 Å². The molecule has 2 aromatic rings. The summed E-state index contributed by atoms with van der Waals surface area (Å²) in [4.78, 5) is 18.5. The van der Waals surface area contributed by atoms with E-state index in [0.29, 0.717) is 19.0 Å². The Morgan fingerprint density at radius 2 is 1.96 bits per heavy atom. The quantitative estimate of drug-likeness (QED) is 0.872. The minimum atomic E-state index is -0.670. The van der Waals surface area contributed by atoms with E-state index in [9.17, 15) is 13.6 Å². The van der Waals surface area contributed by atoms with Crippen LogP contribution < -0.4 is 5.32 Å². The van der Waals surface area contributed by atoms with Crippen molar-refractivity contribution in [3.63, 3.8) is 0 Å². The molecule has 1 fully saturated rings. The first-order valence-corrected chi connectivity index (χ1v) is 8.82. The van der Waals surface area contributed by atoms with Crippen molar-refractivity contribution >= 4 is 29.7 Å². The zero-order chi connectivity index (χ0) is 17.1. The fourth-order valence-electron chi connectivity index (χ4n) is 2.98. The summed E-state index contributed by atoms with van der Waals surface area (Å²) >= 11 is 1.08. The third-order valence-electron chi connectivity index (χ3n) is 4.29. The van der Waals surface area contributed by atoms with E-state index in [4.69, 9.17) is 0 Å². The predicted molar refractivity (Wildman–Crippen MR) is 97.3 cm³/mol. The number of hydrogen-bond acceptors (Lipinski definition) is 4. The van der Waals surface area contributed by atoms with Crippen LogP contribution in [-0.2, 0) is 0 Å².